The Balaban J connectivity index is 0.000000198. The number of hydrogen-bond donors (Lipinski definition) is 4. The van der Waals surface area contributed by atoms with Crippen molar-refractivity contribution < 1.29 is 37.1 Å². The second-order valence-corrected chi connectivity index (χ2v) is 16.1. The SMILES string of the molecule is C.COC(=O)c1ccc(CN(c2ccc(F)cn2)c2cnccn2)cc1.Fc1ccc(Br)nc1.Fc1ccc(Nc2cnccn2)nc1.Nc1cnccn1.O=C(NO)c1ccc(CN(c2ccc(F)cn2)c2cnccn2)cc1. The van der Waals surface area contributed by atoms with Gasteiger partial charge in [-0.1, -0.05) is 31.7 Å². The Bertz CT molecular complexity index is 3200. The Morgan fingerprint density at radius 2 is 0.950 bits per heavy atom. The molecule has 0 spiro atoms. The largest absolute Gasteiger partial charge is 0.465 e. The minimum absolute atomic E-state index is 0. The number of nitrogens with two attached hydrogens (primary N) is 1. The van der Waals surface area contributed by atoms with Crippen molar-refractivity contribution in [2.75, 3.05) is 28.0 Å². The third-order valence-corrected chi connectivity index (χ3v) is 10.3. The predicted molar refractivity (Wildman–Crippen MR) is 292 cm³/mol. The Morgan fingerprint density at radius 1 is 0.500 bits per heavy atom. The maximum Gasteiger partial charge on any atom is 0.337 e. The molecule has 0 aliphatic rings. The summed E-state index contributed by atoms with van der Waals surface area (Å²) < 4.78 is 56.2. The molecule has 21 nitrogen and oxygen atoms in total. The van der Waals surface area contributed by atoms with Crippen LogP contribution < -0.4 is 26.3 Å². The number of rotatable bonds is 12. The molecule has 0 aliphatic heterocycles. The van der Waals surface area contributed by atoms with E-state index in [2.05, 4.69) is 81.1 Å². The average Bonchev–Trinajstić information content (AvgIpc) is 3.50. The second kappa shape index (κ2) is 32.3. The van der Waals surface area contributed by atoms with Crippen LogP contribution in [0.25, 0.3) is 0 Å². The number of halogens is 5. The van der Waals surface area contributed by atoms with Crippen molar-refractivity contribution in [2.24, 2.45) is 0 Å². The molecule has 0 atom stereocenters. The zero-order valence-electron chi connectivity index (χ0n) is 41.3. The maximum absolute atomic E-state index is 13.2. The molecule has 0 radical (unpaired) electrons. The number of nitrogen functional groups attached to an aromatic ring is 1. The Labute approximate surface area is 463 Å². The van der Waals surface area contributed by atoms with Gasteiger partial charge in [0.25, 0.3) is 5.91 Å². The fourth-order valence-electron chi connectivity index (χ4n) is 6.14. The molecule has 2 aromatic carbocycles. The van der Waals surface area contributed by atoms with Gasteiger partial charge in [-0.2, -0.15) is 0 Å². The third kappa shape index (κ3) is 20.3. The van der Waals surface area contributed by atoms with E-state index in [4.69, 9.17) is 15.7 Å². The van der Waals surface area contributed by atoms with E-state index in [0.717, 1.165) is 35.9 Å². The molecule has 10 rings (SSSR count). The van der Waals surface area contributed by atoms with Crippen molar-refractivity contribution in [3.05, 3.63) is 246 Å². The van der Waals surface area contributed by atoms with Gasteiger partial charge in [0.05, 0.1) is 75.3 Å². The van der Waals surface area contributed by atoms with Crippen LogP contribution in [0, 0.1) is 23.3 Å². The smallest absolute Gasteiger partial charge is 0.337 e. The predicted octanol–water partition coefficient (Wildman–Crippen LogP) is 10.0. The zero-order chi connectivity index (χ0) is 56.2. The number of ether oxygens (including phenoxy) is 1. The number of benzene rings is 2. The van der Waals surface area contributed by atoms with Crippen LogP contribution in [0.3, 0.4) is 0 Å². The first-order chi connectivity index (χ1) is 38.4. The van der Waals surface area contributed by atoms with Gasteiger partial charge in [-0.15, -0.1) is 0 Å². The zero-order valence-corrected chi connectivity index (χ0v) is 42.9. The molecule has 0 aliphatic carbocycles. The molecule has 0 fully saturated rings. The van der Waals surface area contributed by atoms with Crippen LogP contribution in [0.4, 0.5) is 58.3 Å². The van der Waals surface area contributed by atoms with E-state index >= 15 is 0 Å². The molecule has 0 saturated heterocycles. The summed E-state index contributed by atoms with van der Waals surface area (Å²) in [6.45, 7) is 0.817. The Kier molecular flexibility index (Phi) is 24.4. The minimum atomic E-state index is -0.586. The number of amides is 1. The van der Waals surface area contributed by atoms with Crippen LogP contribution in [-0.4, -0.2) is 84.0 Å². The van der Waals surface area contributed by atoms with Crippen molar-refractivity contribution in [1.82, 2.24) is 65.3 Å². The molecule has 10 aromatic rings. The molecule has 1 amide bonds. The standard InChI is InChI=1S/C18H15FN4O2.C17H14FN5O2.C9H7FN4.C5H3BrFN.C4H5N3.CH4/c1-25-18(24)14-4-2-13(3-5-14)12-23(17-11-20-8-9-21-17)16-7-6-15(19)10-22-16;18-14-5-6-15(21-9-14)23(16-10-19-7-8-20-16)11-12-1-3-13(4-2-12)17(24)22-25;10-7-1-2-8(13-5-7)14-9-6-11-3-4-12-9;6-5-2-1-4(7)3-8-5;5-4-3-6-1-2-7-4;/h2-11H,12H2,1H3;1-10,25H,11H2,(H,22,24);1-6H,(H,12,13,14);1-3H;1-3H,(H2,5,7);1H4. The topological polar surface area (TPSA) is 275 Å². The normalized spacial score (nSPS) is 9.84. The van der Waals surface area contributed by atoms with Crippen LogP contribution in [0.15, 0.2) is 201 Å². The Morgan fingerprint density at radius 3 is 1.30 bits per heavy atom. The average molecular weight is 1150 g/mol. The first kappa shape index (κ1) is 60.5. The number of nitrogens with zero attached hydrogens (tertiary/aromatic N) is 14. The number of nitrogens with one attached hydrogen (secondary N) is 2. The van der Waals surface area contributed by atoms with Gasteiger partial charge in [0.1, 0.15) is 57.0 Å². The van der Waals surface area contributed by atoms with Gasteiger partial charge in [0, 0.05) is 55.1 Å². The first-order valence-corrected chi connectivity index (χ1v) is 23.6. The quantitative estimate of drug-likeness (QED) is 0.0291. The summed E-state index contributed by atoms with van der Waals surface area (Å²) in [7, 11) is 1.34. The van der Waals surface area contributed by atoms with E-state index in [9.17, 15) is 27.2 Å². The molecular weight excluding hydrogens is 1110 g/mol. The number of esters is 1. The van der Waals surface area contributed by atoms with Crippen LogP contribution in [0.5, 0.6) is 0 Å². The molecule has 80 heavy (non-hydrogen) atoms. The van der Waals surface area contributed by atoms with E-state index in [-0.39, 0.29) is 19.1 Å². The number of hydrogen-bond acceptors (Lipinski definition) is 20. The van der Waals surface area contributed by atoms with Gasteiger partial charge in [-0.05, 0) is 99.9 Å². The summed E-state index contributed by atoms with van der Waals surface area (Å²) in [5.74, 6) is 1.27. The number of carbonyl (C=O) groups excluding carboxylic acids is 2. The molecule has 408 valence electrons. The lowest BCUT2D eigenvalue weighted by Gasteiger charge is -2.22. The highest BCUT2D eigenvalue weighted by molar-refractivity contribution is 9.10. The maximum atomic E-state index is 13.2. The highest BCUT2D eigenvalue weighted by Crippen LogP contribution is 2.25. The number of carbonyl (C=O) groups is 2. The monoisotopic (exact) mass is 1150 g/mol. The lowest BCUT2D eigenvalue weighted by Crippen LogP contribution is -2.20. The van der Waals surface area contributed by atoms with Gasteiger partial charge in [-0.3, -0.25) is 29.9 Å². The van der Waals surface area contributed by atoms with E-state index in [1.165, 1.54) is 43.6 Å². The van der Waals surface area contributed by atoms with Gasteiger partial charge < -0.3 is 25.6 Å². The fraction of sp³-hybridized carbons (Fsp3) is 0.0741. The van der Waals surface area contributed by atoms with Gasteiger partial charge >= 0.3 is 5.97 Å². The molecule has 5 N–H and O–H groups in total. The van der Waals surface area contributed by atoms with E-state index in [1.807, 2.05) is 12.1 Å². The lowest BCUT2D eigenvalue weighted by atomic mass is 10.1. The summed E-state index contributed by atoms with van der Waals surface area (Å²) in [5, 5.41) is 11.5. The van der Waals surface area contributed by atoms with Crippen molar-refractivity contribution in [1.29, 1.82) is 0 Å². The second-order valence-electron chi connectivity index (χ2n) is 15.3. The molecule has 0 unspecified atom stereocenters. The van der Waals surface area contributed by atoms with E-state index in [0.29, 0.717) is 69.5 Å². The molecule has 8 aromatic heterocycles. The molecule has 0 saturated carbocycles. The number of methoxy groups -OCH3 is 1. The number of aromatic nitrogens is 12. The number of hydroxylamine groups is 1. The van der Waals surface area contributed by atoms with Gasteiger partial charge in [0.2, 0.25) is 0 Å². The minimum Gasteiger partial charge on any atom is -0.465 e. The summed E-state index contributed by atoms with van der Waals surface area (Å²) in [5.41, 5.74) is 9.36. The number of pyridine rings is 4. The molecule has 8 heterocycles. The summed E-state index contributed by atoms with van der Waals surface area (Å²) >= 11 is 3.07. The highest BCUT2D eigenvalue weighted by Gasteiger charge is 2.16. The van der Waals surface area contributed by atoms with Crippen LogP contribution >= 0.6 is 15.9 Å². The number of anilines is 7. The Hall–Kier alpha value is -10.3. The summed E-state index contributed by atoms with van der Waals surface area (Å²) in [6, 6.07) is 25.2. The molecule has 26 heteroatoms. The van der Waals surface area contributed by atoms with Crippen molar-refractivity contribution in [3.63, 3.8) is 0 Å². The molecular formula is C54H48BrF4N17O4. The summed E-state index contributed by atoms with van der Waals surface area (Å²) in [4.78, 5) is 74.1. The van der Waals surface area contributed by atoms with E-state index in [1.54, 1.807) is 138 Å². The third-order valence-electron chi connectivity index (χ3n) is 9.82. The summed E-state index contributed by atoms with van der Waals surface area (Å²) in [6.07, 6.45) is 23.4. The van der Waals surface area contributed by atoms with Crippen molar-refractivity contribution in [2.45, 2.75) is 20.5 Å². The highest BCUT2D eigenvalue weighted by atomic mass is 79.9. The van der Waals surface area contributed by atoms with Gasteiger partial charge in [-0.25, -0.2) is 67.7 Å². The van der Waals surface area contributed by atoms with Crippen molar-refractivity contribution in [3.8, 4) is 0 Å². The van der Waals surface area contributed by atoms with E-state index < -0.39 is 23.5 Å². The molecule has 0 bridgehead atoms. The van der Waals surface area contributed by atoms with Crippen molar-refractivity contribution >= 4 is 68.5 Å². The van der Waals surface area contributed by atoms with Crippen LogP contribution in [-0.2, 0) is 17.8 Å². The lowest BCUT2D eigenvalue weighted by molar-refractivity contribution is 0.0600. The first-order valence-electron chi connectivity index (χ1n) is 22.8. The van der Waals surface area contributed by atoms with Crippen LogP contribution in [0.2, 0.25) is 0 Å². The fourth-order valence-corrected chi connectivity index (χ4v) is 6.38. The van der Waals surface area contributed by atoms with Gasteiger partial charge in [0.15, 0.2) is 11.6 Å². The van der Waals surface area contributed by atoms with Crippen LogP contribution in [0.1, 0.15) is 39.3 Å².